The average Bonchev–Trinajstić information content (AvgIpc) is 1.84. The number of hydrogen-bond acceptors (Lipinski definition) is 1. The summed E-state index contributed by atoms with van der Waals surface area (Å²) < 4.78 is 12.1. The van der Waals surface area contributed by atoms with Crippen molar-refractivity contribution in [3.63, 3.8) is 0 Å². The lowest BCUT2D eigenvalue weighted by molar-refractivity contribution is 0.392. The summed E-state index contributed by atoms with van der Waals surface area (Å²) in [6.07, 6.45) is 1.65. The van der Waals surface area contributed by atoms with E-state index in [1.54, 1.807) is 19.9 Å². The van der Waals surface area contributed by atoms with E-state index in [0.717, 1.165) is 0 Å². The van der Waals surface area contributed by atoms with E-state index in [1.165, 1.54) is 6.92 Å². The molecule has 2 heteroatoms. The van der Waals surface area contributed by atoms with Gasteiger partial charge in [0.25, 0.3) is 0 Å². The minimum Gasteiger partial charge on any atom is -0.505 e. The Balaban J connectivity index is 4.40. The number of halogens is 1. The second-order valence-electron chi connectivity index (χ2n) is 1.85. The van der Waals surface area contributed by atoms with Gasteiger partial charge in [-0.3, -0.25) is 0 Å². The molecule has 0 rings (SSSR count). The third kappa shape index (κ3) is 2.31. The fourth-order valence-electron chi connectivity index (χ4n) is 0.408. The lowest BCUT2D eigenvalue weighted by atomic mass is 10.2. The van der Waals surface area contributed by atoms with Crippen LogP contribution in [0.1, 0.15) is 20.8 Å². The van der Waals surface area contributed by atoms with Crippen LogP contribution >= 0.6 is 0 Å². The summed E-state index contributed by atoms with van der Waals surface area (Å²) in [6.45, 7) is 4.62. The standard InChI is InChI=1S/C7H11FO/c1-4-5(2)7(9)6(3)8/h4,9H,1-3H3/b5-4-,7-6-. The molecule has 0 aliphatic rings. The van der Waals surface area contributed by atoms with Gasteiger partial charge in [-0.1, -0.05) is 6.08 Å². The third-order valence-electron chi connectivity index (χ3n) is 1.13. The van der Waals surface area contributed by atoms with E-state index in [1.807, 2.05) is 0 Å². The SMILES string of the molecule is C/C=C(C)\C(O)=C(/C)F. The van der Waals surface area contributed by atoms with Crippen molar-refractivity contribution in [1.29, 1.82) is 0 Å². The van der Waals surface area contributed by atoms with Gasteiger partial charge in [0.1, 0.15) is 11.6 Å². The number of hydrogen-bond donors (Lipinski definition) is 1. The van der Waals surface area contributed by atoms with Crippen molar-refractivity contribution in [2.75, 3.05) is 0 Å². The minimum absolute atomic E-state index is 0.252. The van der Waals surface area contributed by atoms with Crippen molar-refractivity contribution in [1.82, 2.24) is 0 Å². The summed E-state index contributed by atoms with van der Waals surface area (Å²) in [5, 5.41) is 8.83. The van der Waals surface area contributed by atoms with Crippen molar-refractivity contribution >= 4 is 0 Å². The van der Waals surface area contributed by atoms with Gasteiger partial charge in [-0.15, -0.1) is 0 Å². The van der Waals surface area contributed by atoms with Crippen LogP contribution in [-0.4, -0.2) is 5.11 Å². The van der Waals surface area contributed by atoms with Crippen molar-refractivity contribution in [2.24, 2.45) is 0 Å². The zero-order valence-electron chi connectivity index (χ0n) is 5.90. The van der Waals surface area contributed by atoms with Crippen LogP contribution in [0.15, 0.2) is 23.2 Å². The molecule has 0 saturated heterocycles. The lowest BCUT2D eigenvalue weighted by Crippen LogP contribution is -1.84. The molecule has 0 radical (unpaired) electrons. The molecule has 0 aromatic carbocycles. The zero-order valence-corrected chi connectivity index (χ0v) is 5.90. The van der Waals surface area contributed by atoms with E-state index in [2.05, 4.69) is 0 Å². The largest absolute Gasteiger partial charge is 0.505 e. The molecule has 1 N–H and O–H groups in total. The van der Waals surface area contributed by atoms with Gasteiger partial charge in [-0.05, 0) is 26.3 Å². The van der Waals surface area contributed by atoms with E-state index in [4.69, 9.17) is 5.11 Å². The summed E-state index contributed by atoms with van der Waals surface area (Å²) in [4.78, 5) is 0. The van der Waals surface area contributed by atoms with Crippen molar-refractivity contribution in [3.8, 4) is 0 Å². The van der Waals surface area contributed by atoms with Crippen molar-refractivity contribution in [3.05, 3.63) is 23.2 Å². The van der Waals surface area contributed by atoms with Crippen LogP contribution in [-0.2, 0) is 0 Å². The molecule has 0 atom stereocenters. The molecule has 9 heavy (non-hydrogen) atoms. The summed E-state index contributed by atoms with van der Waals surface area (Å²) in [5.41, 5.74) is 0.565. The fourth-order valence-corrected chi connectivity index (χ4v) is 0.408. The van der Waals surface area contributed by atoms with E-state index >= 15 is 0 Å². The lowest BCUT2D eigenvalue weighted by Gasteiger charge is -1.96. The predicted molar refractivity (Wildman–Crippen MR) is 35.9 cm³/mol. The summed E-state index contributed by atoms with van der Waals surface area (Å²) >= 11 is 0. The molecule has 52 valence electrons. The second-order valence-corrected chi connectivity index (χ2v) is 1.85. The summed E-state index contributed by atoms with van der Waals surface area (Å²) in [6, 6.07) is 0. The molecule has 0 fully saturated rings. The molecule has 0 heterocycles. The van der Waals surface area contributed by atoms with Crippen LogP contribution in [0.2, 0.25) is 0 Å². The van der Waals surface area contributed by atoms with E-state index in [-0.39, 0.29) is 5.76 Å². The Bertz CT molecular complexity index is 152. The Hall–Kier alpha value is -0.790. The maximum absolute atomic E-state index is 12.1. The maximum Gasteiger partial charge on any atom is 0.149 e. The van der Waals surface area contributed by atoms with E-state index in [0.29, 0.717) is 5.57 Å². The number of rotatable bonds is 1. The normalized spacial score (nSPS) is 15.3. The summed E-state index contributed by atoms with van der Waals surface area (Å²) in [7, 11) is 0. The van der Waals surface area contributed by atoms with Crippen LogP contribution in [0.3, 0.4) is 0 Å². The first-order valence-corrected chi connectivity index (χ1v) is 2.78. The third-order valence-corrected chi connectivity index (χ3v) is 1.13. The van der Waals surface area contributed by atoms with Crippen molar-refractivity contribution in [2.45, 2.75) is 20.8 Å². The number of aliphatic hydroxyl groups is 1. The molecule has 0 bridgehead atoms. The van der Waals surface area contributed by atoms with Gasteiger partial charge in [0.15, 0.2) is 0 Å². The summed E-state index contributed by atoms with van der Waals surface area (Å²) in [5.74, 6) is -0.789. The fraction of sp³-hybridized carbons (Fsp3) is 0.429. The van der Waals surface area contributed by atoms with Gasteiger partial charge in [-0.25, -0.2) is 4.39 Å². The smallest absolute Gasteiger partial charge is 0.149 e. The molecule has 0 amide bonds. The first-order chi connectivity index (χ1) is 4.09. The predicted octanol–water partition coefficient (Wildman–Crippen LogP) is 2.71. The molecule has 0 aliphatic carbocycles. The Kier molecular flexibility index (Phi) is 2.99. The number of aliphatic hydroxyl groups excluding tert-OH is 1. The van der Waals surface area contributed by atoms with Crippen LogP contribution < -0.4 is 0 Å². The Morgan fingerprint density at radius 1 is 1.44 bits per heavy atom. The van der Waals surface area contributed by atoms with Gasteiger partial charge >= 0.3 is 0 Å². The molecule has 0 aromatic rings. The van der Waals surface area contributed by atoms with E-state index in [9.17, 15) is 4.39 Å². The van der Waals surface area contributed by atoms with Gasteiger partial charge in [0, 0.05) is 0 Å². The molecule has 0 aromatic heterocycles. The zero-order chi connectivity index (χ0) is 7.44. The highest BCUT2D eigenvalue weighted by atomic mass is 19.1. The first kappa shape index (κ1) is 8.21. The molecule has 0 spiro atoms. The molecule has 0 saturated carbocycles. The highest BCUT2D eigenvalue weighted by Gasteiger charge is 1.98. The van der Waals surface area contributed by atoms with Crippen LogP contribution in [0, 0.1) is 0 Å². The second kappa shape index (κ2) is 3.28. The van der Waals surface area contributed by atoms with E-state index < -0.39 is 5.83 Å². The Labute approximate surface area is 54.5 Å². The maximum atomic E-state index is 12.1. The quantitative estimate of drug-likeness (QED) is 0.427. The minimum atomic E-state index is -0.536. The van der Waals surface area contributed by atoms with Gasteiger partial charge in [0.2, 0.25) is 0 Å². The van der Waals surface area contributed by atoms with Gasteiger partial charge in [0.05, 0.1) is 0 Å². The molecule has 0 unspecified atom stereocenters. The van der Waals surface area contributed by atoms with Crippen LogP contribution in [0.25, 0.3) is 0 Å². The van der Waals surface area contributed by atoms with Crippen LogP contribution in [0.5, 0.6) is 0 Å². The Morgan fingerprint density at radius 2 is 1.89 bits per heavy atom. The average molecular weight is 130 g/mol. The molecule has 0 aliphatic heterocycles. The highest BCUT2D eigenvalue weighted by molar-refractivity contribution is 5.23. The molecule has 1 nitrogen and oxygen atoms in total. The number of allylic oxidation sites excluding steroid dienone is 3. The van der Waals surface area contributed by atoms with Crippen molar-refractivity contribution < 1.29 is 9.50 Å². The monoisotopic (exact) mass is 130 g/mol. The molecular formula is C7H11FO. The van der Waals surface area contributed by atoms with Gasteiger partial charge < -0.3 is 5.11 Å². The Morgan fingerprint density at radius 3 is 2.00 bits per heavy atom. The highest BCUT2D eigenvalue weighted by Crippen LogP contribution is 2.10. The molecular weight excluding hydrogens is 119 g/mol. The topological polar surface area (TPSA) is 20.2 Å². The van der Waals surface area contributed by atoms with Gasteiger partial charge in [-0.2, -0.15) is 0 Å². The van der Waals surface area contributed by atoms with Crippen LogP contribution in [0.4, 0.5) is 4.39 Å². The first-order valence-electron chi connectivity index (χ1n) is 2.78.